The minimum atomic E-state index is -0.378. The van der Waals surface area contributed by atoms with Gasteiger partial charge in [-0.1, -0.05) is 38.0 Å². The first kappa shape index (κ1) is 28.8. The van der Waals surface area contributed by atoms with Crippen molar-refractivity contribution in [3.8, 4) is 0 Å². The zero-order chi connectivity index (χ0) is 29.2. The Morgan fingerprint density at radius 2 is 1.83 bits per heavy atom. The molecule has 1 saturated heterocycles. The molecule has 0 radical (unpaired) electrons. The molecule has 224 valence electrons. The van der Waals surface area contributed by atoms with E-state index in [-0.39, 0.29) is 23.8 Å². The molecule has 2 atom stereocenters. The van der Waals surface area contributed by atoms with E-state index >= 15 is 0 Å². The third-order valence-electron chi connectivity index (χ3n) is 9.30. The molecule has 3 aliphatic rings. The summed E-state index contributed by atoms with van der Waals surface area (Å²) in [5.74, 6) is 1.29. The van der Waals surface area contributed by atoms with Gasteiger partial charge in [0.25, 0.3) is 5.78 Å². The molecule has 2 aromatic heterocycles. The molecular weight excluding hydrogens is 530 g/mol. The topological polar surface area (TPSA) is 102 Å². The van der Waals surface area contributed by atoms with E-state index < -0.39 is 0 Å². The number of hydrogen-bond donors (Lipinski definition) is 1. The normalized spacial score (nSPS) is 21.3. The predicted octanol–water partition coefficient (Wildman–Crippen LogP) is 5.17. The van der Waals surface area contributed by atoms with Crippen LogP contribution in [0.1, 0.15) is 85.3 Å². The number of aliphatic hydroxyl groups is 1. The fourth-order valence-corrected chi connectivity index (χ4v) is 6.93. The monoisotopic (exact) mass is 573 g/mol. The van der Waals surface area contributed by atoms with Crippen LogP contribution in [0.5, 0.6) is 0 Å². The van der Waals surface area contributed by atoms with Gasteiger partial charge >= 0.3 is 5.97 Å². The molecule has 0 spiro atoms. The highest BCUT2D eigenvalue weighted by Gasteiger charge is 2.36. The second-order valence-corrected chi connectivity index (χ2v) is 12.3. The fraction of sp³-hybridized carbons (Fsp3) is 0.576. The Morgan fingerprint density at radius 3 is 2.57 bits per heavy atom. The van der Waals surface area contributed by atoms with Crippen molar-refractivity contribution in [3.63, 3.8) is 0 Å². The predicted molar refractivity (Wildman–Crippen MR) is 159 cm³/mol. The van der Waals surface area contributed by atoms with Crippen LogP contribution in [-0.4, -0.2) is 68.0 Å². The van der Waals surface area contributed by atoms with Crippen LogP contribution < -0.4 is 0 Å². The number of carbonyl (C=O) groups excluding carboxylic acids is 1. The first-order valence-electron chi connectivity index (χ1n) is 15.6. The molecule has 3 aromatic rings. The number of benzene rings is 1. The summed E-state index contributed by atoms with van der Waals surface area (Å²) in [4.78, 5) is 25.1. The molecule has 1 aliphatic carbocycles. The quantitative estimate of drug-likeness (QED) is 0.350. The first-order valence-corrected chi connectivity index (χ1v) is 15.6. The maximum atomic E-state index is 13.3. The van der Waals surface area contributed by atoms with E-state index in [2.05, 4.69) is 35.0 Å². The number of hydrogen-bond acceptors (Lipinski definition) is 8. The van der Waals surface area contributed by atoms with Crippen LogP contribution in [0.3, 0.4) is 0 Å². The number of morpholine rings is 1. The average molecular weight is 574 g/mol. The number of rotatable bonds is 9. The van der Waals surface area contributed by atoms with E-state index in [1.807, 2.05) is 19.9 Å². The molecule has 6 rings (SSSR count). The van der Waals surface area contributed by atoms with E-state index in [4.69, 9.17) is 19.6 Å². The third kappa shape index (κ3) is 6.22. The highest BCUT2D eigenvalue weighted by atomic mass is 16.5. The number of fused-ring (bicyclic) bond motifs is 1. The highest BCUT2D eigenvalue weighted by Crippen LogP contribution is 2.38. The third-order valence-corrected chi connectivity index (χ3v) is 9.30. The van der Waals surface area contributed by atoms with Crippen LogP contribution in [0.4, 0.5) is 0 Å². The Balaban J connectivity index is 1.31. The van der Waals surface area contributed by atoms with E-state index in [1.165, 1.54) is 24.0 Å². The van der Waals surface area contributed by atoms with Gasteiger partial charge in [0, 0.05) is 43.9 Å². The van der Waals surface area contributed by atoms with Crippen molar-refractivity contribution in [2.24, 2.45) is 5.92 Å². The summed E-state index contributed by atoms with van der Waals surface area (Å²) >= 11 is 0. The minimum Gasteiger partial charge on any atom is -0.512 e. The summed E-state index contributed by atoms with van der Waals surface area (Å²) in [6.45, 7) is 10.5. The summed E-state index contributed by atoms with van der Waals surface area (Å²) in [5.41, 5.74) is 5.99. The molecule has 2 unspecified atom stereocenters. The Bertz CT molecular complexity index is 1470. The van der Waals surface area contributed by atoms with Gasteiger partial charge < -0.3 is 14.6 Å². The SMILES string of the molecule is CCc1cc(C(CC2=C(O)CC(C3CCCC3)OC2=O)Cc2nc3nc(C)cc(C)n3n2)ccc1CN1CCOCC1. The summed E-state index contributed by atoms with van der Waals surface area (Å²) in [7, 11) is 0. The number of ether oxygens (including phenoxy) is 2. The smallest absolute Gasteiger partial charge is 0.337 e. The lowest BCUT2D eigenvalue weighted by Gasteiger charge is -2.30. The van der Waals surface area contributed by atoms with E-state index in [1.54, 1.807) is 4.52 Å². The van der Waals surface area contributed by atoms with Crippen LogP contribution >= 0.6 is 0 Å². The standard InChI is InChI=1S/C33H43N5O4/c1-4-23-16-25(9-10-26(23)20-37-11-13-41-14-12-37)27(18-31-35-33-34-21(2)15-22(3)38(33)36-31)17-28-29(39)19-30(42-32(28)40)24-7-5-6-8-24/h9-10,15-16,24,27,30,39H,4-8,11-14,17-20H2,1-3H3. The number of nitrogens with zero attached hydrogens (tertiary/aromatic N) is 5. The zero-order valence-electron chi connectivity index (χ0n) is 25.1. The number of cyclic esters (lactones) is 1. The maximum absolute atomic E-state index is 13.3. The van der Waals surface area contributed by atoms with Crippen molar-refractivity contribution in [1.29, 1.82) is 0 Å². The van der Waals surface area contributed by atoms with Crippen LogP contribution in [-0.2, 0) is 33.7 Å². The number of esters is 1. The minimum absolute atomic E-state index is 0.112. The van der Waals surface area contributed by atoms with Crippen LogP contribution in [0.25, 0.3) is 5.78 Å². The lowest BCUT2D eigenvalue weighted by atomic mass is 9.84. The molecule has 1 saturated carbocycles. The maximum Gasteiger partial charge on any atom is 0.337 e. The number of aliphatic hydroxyl groups excluding tert-OH is 1. The van der Waals surface area contributed by atoms with Gasteiger partial charge in [0.05, 0.1) is 18.8 Å². The molecule has 2 aliphatic heterocycles. The molecule has 0 amide bonds. The van der Waals surface area contributed by atoms with Gasteiger partial charge in [-0.3, -0.25) is 4.90 Å². The number of aryl methyl sites for hydroxylation is 3. The van der Waals surface area contributed by atoms with Gasteiger partial charge in [-0.25, -0.2) is 14.3 Å². The van der Waals surface area contributed by atoms with Crippen molar-refractivity contribution in [1.82, 2.24) is 24.5 Å². The Kier molecular flexibility index (Phi) is 8.58. The molecule has 4 heterocycles. The number of aromatic nitrogens is 4. The van der Waals surface area contributed by atoms with E-state index in [9.17, 15) is 9.90 Å². The summed E-state index contributed by atoms with van der Waals surface area (Å²) < 4.78 is 13.3. The van der Waals surface area contributed by atoms with Crippen LogP contribution in [0.15, 0.2) is 35.6 Å². The van der Waals surface area contributed by atoms with Crippen LogP contribution in [0, 0.1) is 19.8 Å². The molecule has 9 heteroatoms. The molecular formula is C33H43N5O4. The second-order valence-electron chi connectivity index (χ2n) is 12.3. The molecule has 2 fully saturated rings. The Hall–Kier alpha value is -3.30. The Morgan fingerprint density at radius 1 is 1.05 bits per heavy atom. The van der Waals surface area contributed by atoms with Gasteiger partial charge in [0.2, 0.25) is 0 Å². The molecule has 9 nitrogen and oxygen atoms in total. The molecule has 1 N–H and O–H groups in total. The Labute approximate surface area is 247 Å². The largest absolute Gasteiger partial charge is 0.512 e. The average Bonchev–Trinajstić information content (AvgIpc) is 3.66. The van der Waals surface area contributed by atoms with Gasteiger partial charge in [0.1, 0.15) is 11.9 Å². The number of carbonyl (C=O) groups is 1. The van der Waals surface area contributed by atoms with Gasteiger partial charge in [-0.15, -0.1) is 5.10 Å². The summed E-state index contributed by atoms with van der Waals surface area (Å²) in [5, 5.41) is 15.9. The zero-order valence-corrected chi connectivity index (χ0v) is 25.1. The van der Waals surface area contributed by atoms with Crippen molar-refractivity contribution in [3.05, 3.63) is 69.5 Å². The molecule has 42 heavy (non-hydrogen) atoms. The first-order chi connectivity index (χ1) is 20.4. The lowest BCUT2D eigenvalue weighted by Crippen LogP contribution is -2.35. The van der Waals surface area contributed by atoms with Gasteiger partial charge in [0.15, 0.2) is 5.82 Å². The van der Waals surface area contributed by atoms with E-state index in [0.29, 0.717) is 42.4 Å². The van der Waals surface area contributed by atoms with Gasteiger partial charge in [-0.2, -0.15) is 4.98 Å². The molecule has 0 bridgehead atoms. The lowest BCUT2D eigenvalue weighted by molar-refractivity contribution is -0.150. The van der Waals surface area contributed by atoms with Crippen molar-refractivity contribution in [2.75, 3.05) is 26.3 Å². The van der Waals surface area contributed by atoms with E-state index in [0.717, 1.165) is 69.1 Å². The van der Waals surface area contributed by atoms with Crippen molar-refractivity contribution in [2.45, 2.75) is 90.7 Å². The van der Waals surface area contributed by atoms with Crippen molar-refractivity contribution >= 4 is 11.7 Å². The van der Waals surface area contributed by atoms with Gasteiger partial charge in [-0.05, 0) is 74.1 Å². The highest BCUT2D eigenvalue weighted by molar-refractivity contribution is 5.90. The fourth-order valence-electron chi connectivity index (χ4n) is 6.93. The second kappa shape index (κ2) is 12.5. The molecule has 1 aromatic carbocycles. The van der Waals surface area contributed by atoms with Crippen LogP contribution in [0.2, 0.25) is 0 Å². The van der Waals surface area contributed by atoms with Crippen molar-refractivity contribution < 1.29 is 19.4 Å². The summed E-state index contributed by atoms with van der Waals surface area (Å²) in [6.07, 6.45) is 6.45. The summed E-state index contributed by atoms with van der Waals surface area (Å²) in [6, 6.07) is 8.67.